The molecule has 1 N–H and O–H groups in total. The highest BCUT2D eigenvalue weighted by Crippen LogP contribution is 2.35. The Kier molecular flexibility index (Phi) is 4.82. The number of hydrogen-bond donors (Lipinski definition) is 1. The number of aliphatic hydroxyl groups is 1. The van der Waals surface area contributed by atoms with Gasteiger partial charge >= 0.3 is 0 Å². The van der Waals surface area contributed by atoms with Gasteiger partial charge in [0.2, 0.25) is 0 Å². The highest BCUT2D eigenvalue weighted by Gasteiger charge is 2.26. The monoisotopic (exact) mass is 356 g/mol. The second-order valence-electron chi connectivity index (χ2n) is 4.65. The van der Waals surface area contributed by atoms with E-state index in [0.29, 0.717) is 4.60 Å². The minimum Gasteiger partial charge on any atom is -0.386 e. The van der Waals surface area contributed by atoms with Crippen LogP contribution in [-0.2, 0) is 7.05 Å². The Labute approximate surface area is 131 Å². The van der Waals surface area contributed by atoms with Gasteiger partial charge in [-0.1, -0.05) is 18.7 Å². The van der Waals surface area contributed by atoms with Crippen LogP contribution in [0.3, 0.4) is 0 Å². The van der Waals surface area contributed by atoms with Gasteiger partial charge in [0.1, 0.15) is 10.7 Å². The maximum absolute atomic E-state index is 10.6. The van der Waals surface area contributed by atoms with Crippen molar-refractivity contribution in [3.8, 4) is 0 Å². The molecule has 0 saturated heterocycles. The Morgan fingerprint density at radius 2 is 2.05 bits per heavy atom. The summed E-state index contributed by atoms with van der Waals surface area (Å²) in [7, 11) is 1.90. The molecule has 0 aliphatic carbocycles. The summed E-state index contributed by atoms with van der Waals surface area (Å²) in [6.45, 7) is 3.83. The van der Waals surface area contributed by atoms with Gasteiger partial charge in [-0.25, -0.2) is 4.98 Å². The summed E-state index contributed by atoms with van der Waals surface area (Å²) in [5.74, 6) is -0.163. The minimum atomic E-state index is -0.695. The van der Waals surface area contributed by atoms with Crippen LogP contribution in [0.15, 0.2) is 22.2 Å². The minimum absolute atomic E-state index is 0.163. The topological polar surface area (TPSA) is 63.8 Å². The van der Waals surface area contributed by atoms with Crippen molar-refractivity contribution in [2.75, 3.05) is 6.26 Å². The van der Waals surface area contributed by atoms with E-state index >= 15 is 0 Å². The van der Waals surface area contributed by atoms with Gasteiger partial charge < -0.3 is 9.67 Å². The summed E-state index contributed by atoms with van der Waals surface area (Å²) in [6.07, 6.45) is 4.66. The fraction of sp³-hybridized carbons (Fsp3) is 0.462. The molecule has 2 heterocycles. The number of rotatable bonds is 4. The largest absolute Gasteiger partial charge is 0.386 e. The van der Waals surface area contributed by atoms with Crippen LogP contribution in [0.2, 0.25) is 0 Å². The van der Waals surface area contributed by atoms with Gasteiger partial charge in [0.15, 0.2) is 5.16 Å². The van der Waals surface area contributed by atoms with Crippen LogP contribution < -0.4 is 0 Å². The third-order valence-corrected chi connectivity index (χ3v) is 4.54. The van der Waals surface area contributed by atoms with E-state index < -0.39 is 6.10 Å². The quantitative estimate of drug-likeness (QED) is 0.853. The molecule has 5 nitrogen and oxygen atoms in total. The molecular weight excluding hydrogens is 340 g/mol. The van der Waals surface area contributed by atoms with Gasteiger partial charge in [-0.05, 0) is 29.1 Å². The van der Waals surface area contributed by atoms with Crippen LogP contribution in [0.5, 0.6) is 0 Å². The molecule has 2 aromatic heterocycles. The molecule has 0 spiro atoms. The summed E-state index contributed by atoms with van der Waals surface area (Å²) < 4.78 is 2.57. The van der Waals surface area contributed by atoms with Crippen molar-refractivity contribution in [1.82, 2.24) is 19.5 Å². The number of imidazole rings is 1. The van der Waals surface area contributed by atoms with Crippen molar-refractivity contribution in [2.45, 2.75) is 31.0 Å². The molecule has 108 valence electrons. The first-order chi connectivity index (χ1) is 9.45. The second kappa shape index (κ2) is 6.24. The number of halogens is 1. The molecule has 0 bridgehead atoms. The molecule has 2 atom stereocenters. The number of aliphatic hydroxyl groups excluding tert-OH is 1. The number of aromatic nitrogens is 4. The van der Waals surface area contributed by atoms with Gasteiger partial charge in [0.05, 0.1) is 17.1 Å². The maximum atomic E-state index is 10.6. The fourth-order valence-electron chi connectivity index (χ4n) is 2.06. The molecule has 0 aliphatic rings. The second-order valence-corrected chi connectivity index (χ2v) is 6.18. The van der Waals surface area contributed by atoms with Crippen molar-refractivity contribution >= 4 is 27.7 Å². The van der Waals surface area contributed by atoms with Crippen molar-refractivity contribution in [3.63, 3.8) is 0 Å². The molecule has 0 aromatic carbocycles. The standard InChI is InChI=1S/C13H17BrN4OS/c1-7-5-15-6-9(16-7)8(2)11(19)10-12(14)17-13(20-4)18(10)3/h5-6,8,11,19H,1-4H3/t8-,11-/m1/s1. The maximum Gasteiger partial charge on any atom is 0.168 e. The van der Waals surface area contributed by atoms with Crippen molar-refractivity contribution in [1.29, 1.82) is 0 Å². The lowest BCUT2D eigenvalue weighted by molar-refractivity contribution is 0.140. The SMILES string of the molecule is CSc1nc(Br)c([C@H](O)[C@H](C)c2cncc(C)n2)n1C. The van der Waals surface area contributed by atoms with Crippen LogP contribution in [0.4, 0.5) is 0 Å². The molecule has 0 unspecified atom stereocenters. The van der Waals surface area contributed by atoms with E-state index in [4.69, 9.17) is 0 Å². The fourth-order valence-corrected chi connectivity index (χ4v) is 3.40. The molecule has 0 saturated carbocycles. The summed E-state index contributed by atoms with van der Waals surface area (Å²) in [5.41, 5.74) is 2.37. The number of thioether (sulfide) groups is 1. The van der Waals surface area contributed by atoms with E-state index in [2.05, 4.69) is 30.9 Å². The Morgan fingerprint density at radius 3 is 2.60 bits per heavy atom. The summed E-state index contributed by atoms with van der Waals surface area (Å²) in [4.78, 5) is 13.0. The van der Waals surface area contributed by atoms with E-state index in [1.54, 1.807) is 24.2 Å². The molecule has 0 amide bonds. The predicted octanol–water partition coefficient (Wildman–Crippen LogP) is 2.84. The molecular formula is C13H17BrN4OS. The molecule has 20 heavy (non-hydrogen) atoms. The molecule has 2 rings (SSSR count). The third kappa shape index (κ3) is 2.89. The smallest absolute Gasteiger partial charge is 0.168 e. The first-order valence-corrected chi connectivity index (χ1v) is 8.20. The van der Waals surface area contributed by atoms with Crippen LogP contribution in [0.25, 0.3) is 0 Å². The molecule has 7 heteroatoms. The first kappa shape index (κ1) is 15.5. The molecule has 0 radical (unpaired) electrons. The van der Waals surface area contributed by atoms with Gasteiger partial charge in [-0.2, -0.15) is 0 Å². The zero-order chi connectivity index (χ0) is 14.9. The summed E-state index contributed by atoms with van der Waals surface area (Å²) in [5, 5.41) is 11.5. The average Bonchev–Trinajstić information content (AvgIpc) is 2.71. The van der Waals surface area contributed by atoms with E-state index in [0.717, 1.165) is 22.2 Å². The Bertz CT molecular complexity index is 616. The summed E-state index contributed by atoms with van der Waals surface area (Å²) >= 11 is 4.96. The van der Waals surface area contributed by atoms with Gasteiger partial charge in [-0.3, -0.25) is 9.97 Å². The lowest BCUT2D eigenvalue weighted by Gasteiger charge is -2.19. The highest BCUT2D eigenvalue weighted by atomic mass is 79.9. The zero-order valence-corrected chi connectivity index (χ0v) is 14.2. The molecule has 0 aliphatic heterocycles. The predicted molar refractivity (Wildman–Crippen MR) is 82.8 cm³/mol. The van der Waals surface area contributed by atoms with Gasteiger partial charge in [-0.15, -0.1) is 0 Å². The lowest BCUT2D eigenvalue weighted by Crippen LogP contribution is -2.14. The zero-order valence-electron chi connectivity index (χ0n) is 11.8. The number of aryl methyl sites for hydroxylation is 1. The van der Waals surface area contributed by atoms with E-state index in [1.165, 1.54) is 0 Å². The molecule has 0 fully saturated rings. The van der Waals surface area contributed by atoms with Gasteiger partial charge in [0, 0.05) is 25.4 Å². The van der Waals surface area contributed by atoms with Crippen molar-refractivity contribution < 1.29 is 5.11 Å². The highest BCUT2D eigenvalue weighted by molar-refractivity contribution is 9.10. The molecule has 2 aromatic rings. The van der Waals surface area contributed by atoms with Gasteiger partial charge in [0.25, 0.3) is 0 Å². The normalized spacial score (nSPS) is 14.3. The van der Waals surface area contributed by atoms with Crippen LogP contribution >= 0.6 is 27.7 Å². The van der Waals surface area contributed by atoms with Crippen LogP contribution in [-0.4, -0.2) is 30.9 Å². The Morgan fingerprint density at radius 1 is 1.35 bits per heavy atom. The van der Waals surface area contributed by atoms with E-state index in [-0.39, 0.29) is 5.92 Å². The van der Waals surface area contributed by atoms with Crippen molar-refractivity contribution in [3.05, 3.63) is 34.1 Å². The van der Waals surface area contributed by atoms with Crippen LogP contribution in [0, 0.1) is 6.92 Å². The average molecular weight is 357 g/mol. The summed E-state index contributed by atoms with van der Waals surface area (Å²) in [6, 6.07) is 0. The van der Waals surface area contributed by atoms with Crippen LogP contribution in [0.1, 0.15) is 36.0 Å². The van der Waals surface area contributed by atoms with E-state index in [1.807, 2.05) is 31.7 Å². The number of nitrogens with zero attached hydrogens (tertiary/aromatic N) is 4. The van der Waals surface area contributed by atoms with E-state index in [9.17, 15) is 5.11 Å². The van der Waals surface area contributed by atoms with Crippen molar-refractivity contribution in [2.24, 2.45) is 7.05 Å². The Balaban J connectivity index is 2.36. The Hall–Kier alpha value is -0.920. The third-order valence-electron chi connectivity index (χ3n) is 3.23. The lowest BCUT2D eigenvalue weighted by atomic mass is 9.99. The number of hydrogen-bond acceptors (Lipinski definition) is 5. The first-order valence-electron chi connectivity index (χ1n) is 6.18.